The van der Waals surface area contributed by atoms with E-state index in [0.29, 0.717) is 6.54 Å². The second kappa shape index (κ2) is 8.30. The Hall–Kier alpha value is -2.13. The van der Waals surface area contributed by atoms with Crippen LogP contribution in [0, 0.1) is 19.3 Å². The second-order valence-electron chi connectivity index (χ2n) is 6.88. The molecule has 0 spiro atoms. The third-order valence-corrected chi connectivity index (χ3v) is 5.11. The van der Waals surface area contributed by atoms with Crippen molar-refractivity contribution in [3.8, 4) is 12.3 Å². The lowest BCUT2D eigenvalue weighted by Crippen LogP contribution is -2.51. The van der Waals surface area contributed by atoms with E-state index in [1.165, 1.54) is 0 Å². The van der Waals surface area contributed by atoms with Crippen LogP contribution in [0.1, 0.15) is 31.4 Å². The van der Waals surface area contributed by atoms with Gasteiger partial charge in [0.2, 0.25) is 5.91 Å². The second-order valence-corrected chi connectivity index (χ2v) is 6.88. The van der Waals surface area contributed by atoms with Gasteiger partial charge in [-0.25, -0.2) is 0 Å². The molecule has 0 radical (unpaired) electrons. The molecule has 3 heterocycles. The Kier molecular flexibility index (Phi) is 5.87. The molecule has 2 aliphatic rings. The number of carbonyl (C=O) groups excluding carboxylic acids is 1. The van der Waals surface area contributed by atoms with Gasteiger partial charge in [-0.05, 0) is 44.9 Å². The molecule has 3 rings (SSSR count). The maximum Gasteiger partial charge on any atom is 0.240 e. The number of nitrogens with zero attached hydrogens (tertiary/aromatic N) is 5. The molecule has 2 saturated heterocycles. The molecule has 0 saturated carbocycles. The summed E-state index contributed by atoms with van der Waals surface area (Å²) in [5, 5.41) is 8.43. The van der Waals surface area contributed by atoms with Crippen molar-refractivity contribution in [3.05, 3.63) is 17.8 Å². The number of amides is 1. The summed E-state index contributed by atoms with van der Waals surface area (Å²) in [6.07, 6.45) is 9.59. The van der Waals surface area contributed by atoms with E-state index in [0.717, 1.165) is 69.9 Å². The highest BCUT2D eigenvalue weighted by atomic mass is 16.2. The first-order chi connectivity index (χ1) is 12.2. The molecule has 0 aromatic carbocycles. The van der Waals surface area contributed by atoms with Crippen molar-refractivity contribution in [1.82, 2.24) is 20.0 Å². The van der Waals surface area contributed by atoms with Gasteiger partial charge in [0, 0.05) is 26.2 Å². The largest absolute Gasteiger partial charge is 0.353 e. The number of anilines is 1. The van der Waals surface area contributed by atoms with Gasteiger partial charge >= 0.3 is 0 Å². The van der Waals surface area contributed by atoms with Crippen LogP contribution in [0.15, 0.2) is 12.1 Å². The normalized spacial score (nSPS) is 22.3. The lowest BCUT2D eigenvalue weighted by molar-refractivity contribution is -0.137. The van der Waals surface area contributed by atoms with Gasteiger partial charge < -0.3 is 9.80 Å². The molecule has 2 aliphatic heterocycles. The van der Waals surface area contributed by atoms with Crippen LogP contribution >= 0.6 is 0 Å². The fourth-order valence-corrected chi connectivity index (χ4v) is 3.72. The summed E-state index contributed by atoms with van der Waals surface area (Å²) < 4.78 is 0. The van der Waals surface area contributed by atoms with Gasteiger partial charge in [-0.3, -0.25) is 9.69 Å². The monoisotopic (exact) mass is 341 g/mol. The number of piperidine rings is 1. The van der Waals surface area contributed by atoms with Crippen molar-refractivity contribution in [2.24, 2.45) is 0 Å². The summed E-state index contributed by atoms with van der Waals surface area (Å²) in [5.41, 5.74) is 0.918. The van der Waals surface area contributed by atoms with Gasteiger partial charge in [-0.1, -0.05) is 12.3 Å². The topological polar surface area (TPSA) is 52.6 Å². The summed E-state index contributed by atoms with van der Waals surface area (Å²) in [7, 11) is 0. The molecule has 0 N–H and O–H groups in total. The quantitative estimate of drug-likeness (QED) is 0.776. The Labute approximate surface area is 150 Å². The summed E-state index contributed by atoms with van der Waals surface area (Å²) in [5.74, 6) is 3.84. The standard InChI is InChI=1S/C19H27N5O/c1-3-10-22-11-5-4-7-17(22)19(25)24-13-6-12-23(14-15-24)18-9-8-16(2)20-21-18/h1,8-9,17H,4-7,10-15H2,2H3/t17-/m0/s1. The van der Waals surface area contributed by atoms with Gasteiger partial charge in [0.05, 0.1) is 18.3 Å². The molecule has 134 valence electrons. The van der Waals surface area contributed by atoms with Gasteiger partial charge in [-0.2, -0.15) is 5.10 Å². The van der Waals surface area contributed by atoms with E-state index < -0.39 is 0 Å². The molecule has 1 aromatic heterocycles. The maximum absolute atomic E-state index is 13.0. The van der Waals surface area contributed by atoms with E-state index >= 15 is 0 Å². The van der Waals surface area contributed by atoms with Crippen molar-refractivity contribution >= 4 is 11.7 Å². The zero-order valence-corrected chi connectivity index (χ0v) is 15.0. The average molecular weight is 341 g/mol. The summed E-state index contributed by atoms with van der Waals surface area (Å²) in [6.45, 7) is 6.66. The smallest absolute Gasteiger partial charge is 0.240 e. The number of hydrogen-bond acceptors (Lipinski definition) is 5. The summed E-state index contributed by atoms with van der Waals surface area (Å²) in [4.78, 5) is 19.5. The Balaban J connectivity index is 1.63. The Morgan fingerprint density at radius 1 is 1.16 bits per heavy atom. The zero-order chi connectivity index (χ0) is 17.6. The molecule has 1 aromatic rings. The highest BCUT2D eigenvalue weighted by Gasteiger charge is 2.32. The number of aryl methyl sites for hydroxylation is 1. The van der Waals surface area contributed by atoms with Crippen molar-refractivity contribution in [2.45, 2.75) is 38.6 Å². The molecule has 25 heavy (non-hydrogen) atoms. The van der Waals surface area contributed by atoms with Crippen LogP contribution < -0.4 is 4.90 Å². The van der Waals surface area contributed by atoms with Gasteiger partial charge in [0.25, 0.3) is 0 Å². The molecule has 0 unspecified atom stereocenters. The summed E-state index contributed by atoms with van der Waals surface area (Å²) >= 11 is 0. The van der Waals surface area contributed by atoms with Crippen molar-refractivity contribution < 1.29 is 4.79 Å². The van der Waals surface area contributed by atoms with Crippen molar-refractivity contribution in [3.63, 3.8) is 0 Å². The molecule has 0 aliphatic carbocycles. The molecule has 0 bridgehead atoms. The lowest BCUT2D eigenvalue weighted by Gasteiger charge is -2.36. The van der Waals surface area contributed by atoms with E-state index in [9.17, 15) is 4.79 Å². The van der Waals surface area contributed by atoms with Gasteiger partial charge in [0.15, 0.2) is 5.82 Å². The Morgan fingerprint density at radius 2 is 2.04 bits per heavy atom. The molecular formula is C19H27N5O. The predicted molar refractivity (Wildman–Crippen MR) is 98.2 cm³/mol. The van der Waals surface area contributed by atoms with Crippen LogP contribution in [-0.2, 0) is 4.79 Å². The van der Waals surface area contributed by atoms with Crippen LogP contribution in [0.3, 0.4) is 0 Å². The highest BCUT2D eigenvalue weighted by Crippen LogP contribution is 2.20. The highest BCUT2D eigenvalue weighted by molar-refractivity contribution is 5.82. The first-order valence-electron chi connectivity index (χ1n) is 9.20. The first-order valence-corrected chi connectivity index (χ1v) is 9.20. The van der Waals surface area contributed by atoms with Crippen LogP contribution in [-0.4, -0.2) is 71.2 Å². The molecule has 1 amide bonds. The van der Waals surface area contributed by atoms with E-state index in [1.54, 1.807) is 0 Å². The van der Waals surface area contributed by atoms with Gasteiger partial charge in [0.1, 0.15) is 0 Å². The maximum atomic E-state index is 13.0. The SMILES string of the molecule is C#CCN1CCCC[C@H]1C(=O)N1CCCN(c2ccc(C)nn2)CC1. The predicted octanol–water partition coefficient (Wildman–Crippen LogP) is 1.31. The Bertz CT molecular complexity index is 624. The number of aromatic nitrogens is 2. The molecular weight excluding hydrogens is 314 g/mol. The molecule has 2 fully saturated rings. The molecule has 6 heteroatoms. The fourth-order valence-electron chi connectivity index (χ4n) is 3.72. The number of hydrogen-bond donors (Lipinski definition) is 0. The first kappa shape index (κ1) is 17.7. The third-order valence-electron chi connectivity index (χ3n) is 5.11. The molecule has 6 nitrogen and oxygen atoms in total. The van der Waals surface area contributed by atoms with Crippen molar-refractivity contribution in [1.29, 1.82) is 0 Å². The minimum atomic E-state index is -0.0458. The number of likely N-dealkylation sites (tertiary alicyclic amines) is 1. The third kappa shape index (κ3) is 4.29. The van der Waals surface area contributed by atoms with Crippen molar-refractivity contribution in [2.75, 3.05) is 44.2 Å². The van der Waals surface area contributed by atoms with Gasteiger partial charge in [-0.15, -0.1) is 11.5 Å². The average Bonchev–Trinajstić information content (AvgIpc) is 2.89. The van der Waals surface area contributed by atoms with Crippen LogP contribution in [0.5, 0.6) is 0 Å². The number of rotatable bonds is 3. The minimum absolute atomic E-state index is 0.0458. The minimum Gasteiger partial charge on any atom is -0.353 e. The van der Waals surface area contributed by atoms with E-state index in [1.807, 2.05) is 24.0 Å². The Morgan fingerprint density at radius 3 is 2.80 bits per heavy atom. The summed E-state index contributed by atoms with van der Waals surface area (Å²) in [6, 6.07) is 3.95. The van der Waals surface area contributed by atoms with Crippen LogP contribution in [0.2, 0.25) is 0 Å². The number of terminal acetylenes is 1. The zero-order valence-electron chi connectivity index (χ0n) is 15.0. The van der Waals surface area contributed by atoms with E-state index in [-0.39, 0.29) is 11.9 Å². The van der Waals surface area contributed by atoms with Crippen LogP contribution in [0.25, 0.3) is 0 Å². The fraction of sp³-hybridized carbons (Fsp3) is 0.632. The molecule has 1 atom stereocenters. The van der Waals surface area contributed by atoms with E-state index in [2.05, 4.69) is 25.9 Å². The number of carbonyl (C=O) groups is 1. The van der Waals surface area contributed by atoms with Crippen LogP contribution in [0.4, 0.5) is 5.82 Å². The lowest BCUT2D eigenvalue weighted by atomic mass is 10.0. The van der Waals surface area contributed by atoms with E-state index in [4.69, 9.17) is 6.42 Å².